The standard InChI is InChI=1S/C32H14Cl16N8.Ni/c33-9-1-2(10(34)18(42)17(9)41)26-49-25(1)53-27-3-4(12(36)20(44)19(43)11(3)35)29(50-27)55-31-7-8(16(40)24(48)23(47)15(7)39)32(52-31)56-30-6-5(28(51-30)54-26)13(37)21(45)22(46)14(6)38;/h1-2,7-10,15-18,23-25,31H;/q-4;. The van der Waals surface area contributed by atoms with E-state index >= 15 is 0 Å². The molecule has 0 saturated heterocycles. The van der Waals surface area contributed by atoms with E-state index in [-0.39, 0.29) is 112 Å². The third-order valence-corrected chi connectivity index (χ3v) is 19.5. The van der Waals surface area contributed by atoms with Gasteiger partial charge in [-0.2, -0.15) is 0 Å². The van der Waals surface area contributed by atoms with Gasteiger partial charge < -0.3 is 40.6 Å². The summed E-state index contributed by atoms with van der Waals surface area (Å²) in [6, 6.07) is 0. The minimum absolute atomic E-state index is 0. The van der Waals surface area contributed by atoms with Crippen molar-refractivity contribution in [2.75, 3.05) is 0 Å². The Bertz CT molecular complexity index is 2400. The van der Waals surface area contributed by atoms with E-state index in [0.29, 0.717) is 0 Å². The molecule has 57 heavy (non-hydrogen) atoms. The van der Waals surface area contributed by atoms with Crippen LogP contribution in [0.15, 0.2) is 20.0 Å². The molecule has 308 valence electrons. The topological polar surface area (TPSA) is 106 Å². The second kappa shape index (κ2) is 16.3. The largest absolute Gasteiger partial charge is 0.695 e. The average molecular weight is 1140 g/mol. The van der Waals surface area contributed by atoms with Gasteiger partial charge in [-0.3, -0.25) is 11.6 Å². The van der Waals surface area contributed by atoms with Crippen LogP contribution in [0.1, 0.15) is 0 Å². The van der Waals surface area contributed by atoms with Crippen LogP contribution in [0.2, 0.25) is 40.2 Å². The van der Waals surface area contributed by atoms with Crippen LogP contribution in [0.4, 0.5) is 11.6 Å². The molecule has 0 radical (unpaired) electrons. The average Bonchev–Trinajstić information content (AvgIpc) is 3.92. The Morgan fingerprint density at radius 3 is 1.04 bits per heavy atom. The van der Waals surface area contributed by atoms with Gasteiger partial charge in [0.2, 0.25) is 0 Å². The molecule has 5 aliphatic rings. The predicted octanol–water partition coefficient (Wildman–Crippen LogP) is 12.9. The normalized spacial score (nSPS) is 35.6. The molecule has 9 rings (SSSR count). The molecule has 0 spiro atoms. The van der Waals surface area contributed by atoms with E-state index in [1.807, 2.05) is 0 Å². The number of amidine groups is 2. The van der Waals surface area contributed by atoms with Gasteiger partial charge in [-0.1, -0.05) is 92.8 Å². The van der Waals surface area contributed by atoms with Gasteiger partial charge in [-0.15, -0.1) is 92.8 Å². The fraction of sp³-hybridized carbons (Fsp3) is 0.438. The quantitative estimate of drug-likeness (QED) is 0.0757. The first-order valence-corrected chi connectivity index (χ1v) is 22.7. The van der Waals surface area contributed by atoms with Gasteiger partial charge in [0.05, 0.1) is 94.9 Å². The van der Waals surface area contributed by atoms with Gasteiger partial charge in [0, 0.05) is 50.1 Å². The monoisotopic (exact) mass is 1130 g/mol. The maximum Gasteiger partial charge on any atom is 0.0800 e. The van der Waals surface area contributed by atoms with Gasteiger partial charge >= 0.3 is 0 Å². The summed E-state index contributed by atoms with van der Waals surface area (Å²) >= 11 is 109. The molecule has 25 heteroatoms. The van der Waals surface area contributed by atoms with Crippen molar-refractivity contribution in [1.29, 1.82) is 0 Å². The Hall–Kier alpha value is 1.19. The summed E-state index contributed by atoms with van der Waals surface area (Å²) in [4.78, 5) is 29.3. The van der Waals surface area contributed by atoms with E-state index in [1.165, 1.54) is 0 Å². The molecule has 2 aromatic carbocycles. The minimum Gasteiger partial charge on any atom is -0.695 e. The van der Waals surface area contributed by atoms with Gasteiger partial charge in [0.25, 0.3) is 0 Å². The number of fused-ring (bicyclic) bond motifs is 18. The molecule has 2 aliphatic carbocycles. The molecular formula is C32H14Cl16N8Ni-4. The van der Waals surface area contributed by atoms with Crippen molar-refractivity contribution in [2.45, 2.75) is 55.3 Å². The Morgan fingerprint density at radius 2 is 0.684 bits per heavy atom. The number of nitrogens with zero attached hydrogens (tertiary/aromatic N) is 8. The molecule has 3 aliphatic heterocycles. The third-order valence-electron chi connectivity index (χ3n) is 10.7. The molecule has 8 nitrogen and oxygen atoms in total. The molecule has 0 amide bonds. The summed E-state index contributed by atoms with van der Waals surface area (Å²) in [5.74, 6) is -2.37. The van der Waals surface area contributed by atoms with Crippen molar-refractivity contribution >= 4 is 230 Å². The number of alkyl halides is 8. The van der Waals surface area contributed by atoms with Crippen LogP contribution in [0, 0.1) is 23.7 Å². The van der Waals surface area contributed by atoms with E-state index in [9.17, 15) is 0 Å². The van der Waals surface area contributed by atoms with Crippen molar-refractivity contribution in [2.24, 2.45) is 43.6 Å². The summed E-state index contributed by atoms with van der Waals surface area (Å²) in [5.41, 5.74) is 0.0420. The zero-order valence-corrected chi connectivity index (χ0v) is 40.1. The molecule has 2 saturated carbocycles. The van der Waals surface area contributed by atoms with Crippen molar-refractivity contribution in [3.8, 4) is 0 Å². The van der Waals surface area contributed by atoms with Gasteiger partial charge in [0.1, 0.15) is 0 Å². The first-order valence-electron chi connectivity index (χ1n) is 16.2. The minimum atomic E-state index is -1.01. The van der Waals surface area contributed by atoms with E-state index in [0.717, 1.165) is 0 Å². The van der Waals surface area contributed by atoms with Crippen LogP contribution in [-0.2, 0) is 16.5 Å². The van der Waals surface area contributed by atoms with Crippen LogP contribution < -0.4 is 20.9 Å². The van der Waals surface area contributed by atoms with E-state index in [4.69, 9.17) is 226 Å². The Morgan fingerprint density at radius 1 is 0.368 bits per heavy atom. The molecule has 8 bridgehead atoms. The number of aromatic nitrogens is 2. The van der Waals surface area contributed by atoms with Gasteiger partial charge in [-0.05, 0) is 34.9 Å². The van der Waals surface area contributed by atoms with E-state index in [2.05, 4.69) is 0 Å². The number of hydrogen-bond donors (Lipinski definition) is 0. The van der Waals surface area contributed by atoms with Crippen molar-refractivity contribution in [3.05, 3.63) is 61.8 Å². The smallest absolute Gasteiger partial charge is 0.0800 e. The summed E-state index contributed by atoms with van der Waals surface area (Å²) in [5, 5.41) is 4.19. The maximum absolute atomic E-state index is 7.07. The predicted molar refractivity (Wildman–Crippen MR) is 236 cm³/mol. The molecule has 4 aromatic rings. The zero-order chi connectivity index (χ0) is 40.1. The molecule has 5 heterocycles. The molecule has 2 fully saturated rings. The Labute approximate surface area is 413 Å². The summed E-state index contributed by atoms with van der Waals surface area (Å²) in [6.07, 6.45) is -2.03. The molecule has 14 atom stereocenters. The first-order chi connectivity index (χ1) is 26.4. The Balaban J connectivity index is 0.00000455. The second-order valence-electron chi connectivity index (χ2n) is 13.6. The molecule has 2 aromatic heterocycles. The van der Waals surface area contributed by atoms with Crippen LogP contribution >= 0.6 is 186 Å². The zero-order valence-electron chi connectivity index (χ0n) is 27.0. The van der Waals surface area contributed by atoms with Crippen LogP contribution in [0.3, 0.4) is 0 Å². The third kappa shape index (κ3) is 6.71. The summed E-state index contributed by atoms with van der Waals surface area (Å²) in [7, 11) is 0. The second-order valence-corrected chi connectivity index (χ2v) is 20.6. The van der Waals surface area contributed by atoms with Crippen molar-refractivity contribution < 1.29 is 16.5 Å². The summed E-state index contributed by atoms with van der Waals surface area (Å²) in [6.45, 7) is 0. The van der Waals surface area contributed by atoms with Crippen LogP contribution in [0.5, 0.6) is 0 Å². The molecule has 14 unspecified atom stereocenters. The van der Waals surface area contributed by atoms with E-state index < -0.39 is 79.0 Å². The fourth-order valence-electron chi connectivity index (χ4n) is 8.07. The first kappa shape index (κ1) is 44.8. The maximum atomic E-state index is 7.07. The molecule has 0 N–H and O–H groups in total. The number of hydrogen-bond acceptors (Lipinski definition) is 4. The van der Waals surface area contributed by atoms with E-state index in [1.54, 1.807) is 0 Å². The number of aliphatic imine (C=N–C) groups is 2. The van der Waals surface area contributed by atoms with Gasteiger partial charge in [0.15, 0.2) is 0 Å². The number of rotatable bonds is 0. The fourth-order valence-corrected chi connectivity index (χ4v) is 13.4. The van der Waals surface area contributed by atoms with Crippen molar-refractivity contribution in [1.82, 2.24) is 9.97 Å². The molecular weight excluding hydrogens is 1120 g/mol. The SMILES string of the molecule is Clc1c(Cl)c(Cl)c2c3[n-]c(c2c1Cl)[N-]C1N=C(N=c2[n-]c(c4c(Cl)c(Cl)c(Cl)c(Cl)c24)=NC2=NC([N-]3)C3C(Cl)C(Cl)C(Cl)C(Cl)C23)C2C(Cl)C(Cl)C(Cl)C(Cl)C12.[Ni]. The number of benzene rings is 2. The Kier molecular flexibility index (Phi) is 12.8. The number of halogens is 16. The summed E-state index contributed by atoms with van der Waals surface area (Å²) < 4.78 is 0. The van der Waals surface area contributed by atoms with Crippen LogP contribution in [-0.4, -0.2) is 67.0 Å². The van der Waals surface area contributed by atoms with Crippen molar-refractivity contribution in [3.63, 3.8) is 0 Å². The van der Waals surface area contributed by atoms with Crippen LogP contribution in [0.25, 0.3) is 32.2 Å². The van der Waals surface area contributed by atoms with Gasteiger partial charge in [-0.25, -0.2) is 0 Å².